The van der Waals surface area contributed by atoms with Gasteiger partial charge in [-0.1, -0.05) is 12.1 Å². The molecule has 7 heteroatoms. The monoisotopic (exact) mass is 373 g/mol. The molecule has 0 fully saturated rings. The first-order chi connectivity index (χ1) is 8.63. The second-order valence-corrected chi connectivity index (χ2v) is 5.56. The van der Waals surface area contributed by atoms with Crippen LogP contribution in [0.3, 0.4) is 0 Å². The van der Waals surface area contributed by atoms with Gasteiger partial charge in [0.05, 0.1) is 23.6 Å². The lowest BCUT2D eigenvalue weighted by molar-refractivity contribution is 0.556. The van der Waals surface area contributed by atoms with Crippen molar-refractivity contribution in [3.8, 4) is 0 Å². The number of aromatic nitrogens is 4. The Morgan fingerprint density at radius 1 is 1.39 bits per heavy atom. The van der Waals surface area contributed by atoms with E-state index in [0.717, 1.165) is 26.9 Å². The van der Waals surface area contributed by atoms with E-state index < -0.39 is 0 Å². The van der Waals surface area contributed by atoms with Crippen molar-refractivity contribution in [1.29, 1.82) is 0 Å². The molecule has 0 saturated carbocycles. The van der Waals surface area contributed by atoms with Crippen LogP contribution in [0.5, 0.6) is 0 Å². The second-order valence-electron chi connectivity index (χ2n) is 3.79. The molecule has 0 aliphatic heterocycles. The summed E-state index contributed by atoms with van der Waals surface area (Å²) < 4.78 is 3.64. The first kappa shape index (κ1) is 13.6. The SMILES string of the molecule is CCNC(c1ncc(Br)cc1Br)c1cnnn1C. The fourth-order valence-electron chi connectivity index (χ4n) is 1.74. The minimum atomic E-state index is -0.0301. The molecule has 1 N–H and O–H groups in total. The first-order valence-corrected chi connectivity index (χ1v) is 7.11. The highest BCUT2D eigenvalue weighted by atomic mass is 79.9. The van der Waals surface area contributed by atoms with E-state index >= 15 is 0 Å². The smallest absolute Gasteiger partial charge is 0.0949 e. The number of hydrogen-bond acceptors (Lipinski definition) is 4. The molecule has 2 rings (SSSR count). The van der Waals surface area contributed by atoms with Crippen molar-refractivity contribution in [2.24, 2.45) is 7.05 Å². The molecule has 2 aromatic heterocycles. The third-order valence-corrected chi connectivity index (χ3v) is 3.63. The van der Waals surface area contributed by atoms with E-state index in [2.05, 4.69) is 59.4 Å². The third kappa shape index (κ3) is 2.78. The lowest BCUT2D eigenvalue weighted by Gasteiger charge is -2.18. The van der Waals surface area contributed by atoms with Crippen molar-refractivity contribution in [3.05, 3.63) is 38.8 Å². The maximum atomic E-state index is 4.47. The highest BCUT2D eigenvalue weighted by Crippen LogP contribution is 2.28. The van der Waals surface area contributed by atoms with Gasteiger partial charge in [-0.05, 0) is 44.5 Å². The number of halogens is 2. The average molecular weight is 375 g/mol. The van der Waals surface area contributed by atoms with Crippen LogP contribution in [0.1, 0.15) is 24.4 Å². The molecular weight excluding hydrogens is 362 g/mol. The van der Waals surface area contributed by atoms with E-state index in [9.17, 15) is 0 Å². The molecule has 0 bridgehead atoms. The predicted molar refractivity (Wildman–Crippen MR) is 76.2 cm³/mol. The van der Waals surface area contributed by atoms with Crippen LogP contribution in [0.4, 0.5) is 0 Å². The topological polar surface area (TPSA) is 55.6 Å². The Hall–Kier alpha value is -0.790. The van der Waals surface area contributed by atoms with Gasteiger partial charge in [0.1, 0.15) is 0 Å². The highest BCUT2D eigenvalue weighted by molar-refractivity contribution is 9.11. The summed E-state index contributed by atoms with van der Waals surface area (Å²) in [6, 6.07) is 1.95. The minimum Gasteiger partial charge on any atom is -0.304 e. The van der Waals surface area contributed by atoms with Gasteiger partial charge >= 0.3 is 0 Å². The molecule has 0 aliphatic carbocycles. The van der Waals surface area contributed by atoms with Gasteiger partial charge in [-0.15, -0.1) is 5.10 Å². The summed E-state index contributed by atoms with van der Waals surface area (Å²) in [5.74, 6) is 0. The number of hydrogen-bond donors (Lipinski definition) is 1. The van der Waals surface area contributed by atoms with Gasteiger partial charge in [0.2, 0.25) is 0 Å². The summed E-state index contributed by atoms with van der Waals surface area (Å²) in [6.45, 7) is 2.89. The minimum absolute atomic E-state index is 0.0301. The molecule has 96 valence electrons. The van der Waals surface area contributed by atoms with Gasteiger partial charge in [-0.25, -0.2) is 0 Å². The van der Waals surface area contributed by atoms with E-state index in [1.54, 1.807) is 17.1 Å². The highest BCUT2D eigenvalue weighted by Gasteiger charge is 2.20. The van der Waals surface area contributed by atoms with Crippen LogP contribution < -0.4 is 5.32 Å². The molecule has 2 aromatic rings. The van der Waals surface area contributed by atoms with Gasteiger partial charge in [0.15, 0.2) is 0 Å². The van der Waals surface area contributed by atoms with Crippen molar-refractivity contribution in [2.45, 2.75) is 13.0 Å². The predicted octanol–water partition coefficient (Wildman–Crippen LogP) is 2.43. The molecule has 0 aliphatic rings. The summed E-state index contributed by atoms with van der Waals surface area (Å²) in [5.41, 5.74) is 1.90. The molecule has 0 aromatic carbocycles. The lowest BCUT2D eigenvalue weighted by atomic mass is 10.1. The van der Waals surface area contributed by atoms with Crippen molar-refractivity contribution in [1.82, 2.24) is 25.3 Å². The fourth-order valence-corrected chi connectivity index (χ4v) is 2.96. The standard InChI is InChI=1S/C11H13Br2N5/c1-3-14-11(9-6-16-17-18(9)2)10-8(13)4-7(12)5-15-10/h4-6,11,14H,3H2,1-2H3. The zero-order valence-electron chi connectivity index (χ0n) is 10.1. The molecular formula is C11H13Br2N5. The van der Waals surface area contributed by atoms with Gasteiger partial charge in [0, 0.05) is 22.2 Å². The number of nitrogens with zero attached hydrogens (tertiary/aromatic N) is 4. The van der Waals surface area contributed by atoms with Crippen molar-refractivity contribution in [2.75, 3.05) is 6.54 Å². The Balaban J connectivity index is 2.45. The molecule has 0 saturated heterocycles. The van der Waals surface area contributed by atoms with E-state index in [1.165, 1.54) is 0 Å². The Kier molecular flexibility index (Phi) is 4.47. The van der Waals surface area contributed by atoms with Crippen LogP contribution in [0.25, 0.3) is 0 Å². The van der Waals surface area contributed by atoms with E-state index in [0.29, 0.717) is 0 Å². The van der Waals surface area contributed by atoms with E-state index in [4.69, 9.17) is 0 Å². The fraction of sp³-hybridized carbons (Fsp3) is 0.364. The Bertz CT molecular complexity index is 540. The second kappa shape index (κ2) is 5.90. The maximum Gasteiger partial charge on any atom is 0.0949 e. The van der Waals surface area contributed by atoms with Crippen molar-refractivity contribution >= 4 is 31.9 Å². The number of pyridine rings is 1. The van der Waals surface area contributed by atoms with Gasteiger partial charge < -0.3 is 5.32 Å². The lowest BCUT2D eigenvalue weighted by Crippen LogP contribution is -2.25. The molecule has 0 spiro atoms. The summed E-state index contributed by atoms with van der Waals surface area (Å²) >= 11 is 6.95. The van der Waals surface area contributed by atoms with E-state index in [-0.39, 0.29) is 6.04 Å². The number of aryl methyl sites for hydroxylation is 1. The largest absolute Gasteiger partial charge is 0.304 e. The molecule has 1 atom stereocenters. The van der Waals surface area contributed by atoms with Crippen LogP contribution in [0, 0.1) is 0 Å². The summed E-state index contributed by atoms with van der Waals surface area (Å²) in [6.07, 6.45) is 3.54. The van der Waals surface area contributed by atoms with Crippen LogP contribution in [-0.2, 0) is 7.05 Å². The summed E-state index contributed by atoms with van der Waals surface area (Å²) in [5, 5.41) is 11.3. The summed E-state index contributed by atoms with van der Waals surface area (Å²) in [4.78, 5) is 4.47. The molecule has 2 heterocycles. The average Bonchev–Trinajstić information content (AvgIpc) is 2.73. The number of rotatable bonds is 4. The molecule has 0 radical (unpaired) electrons. The van der Waals surface area contributed by atoms with Crippen molar-refractivity contribution < 1.29 is 0 Å². The zero-order chi connectivity index (χ0) is 13.1. The first-order valence-electron chi connectivity index (χ1n) is 5.52. The third-order valence-electron chi connectivity index (χ3n) is 2.56. The quantitative estimate of drug-likeness (QED) is 0.892. The van der Waals surface area contributed by atoms with Crippen molar-refractivity contribution in [3.63, 3.8) is 0 Å². The number of nitrogens with one attached hydrogen (secondary N) is 1. The van der Waals surface area contributed by atoms with Gasteiger partial charge in [0.25, 0.3) is 0 Å². The maximum absolute atomic E-state index is 4.47. The Morgan fingerprint density at radius 2 is 2.17 bits per heavy atom. The molecule has 1 unspecified atom stereocenters. The normalized spacial score (nSPS) is 12.7. The van der Waals surface area contributed by atoms with E-state index in [1.807, 2.05) is 13.1 Å². The van der Waals surface area contributed by atoms with Crippen LogP contribution in [-0.4, -0.2) is 26.5 Å². The van der Waals surface area contributed by atoms with Gasteiger partial charge in [-0.3, -0.25) is 9.67 Å². The van der Waals surface area contributed by atoms with Crippen LogP contribution >= 0.6 is 31.9 Å². The zero-order valence-corrected chi connectivity index (χ0v) is 13.2. The molecule has 0 amide bonds. The van der Waals surface area contributed by atoms with Crippen LogP contribution in [0.2, 0.25) is 0 Å². The molecule has 18 heavy (non-hydrogen) atoms. The summed E-state index contributed by atoms with van der Waals surface area (Å²) in [7, 11) is 1.87. The Morgan fingerprint density at radius 3 is 2.72 bits per heavy atom. The van der Waals surface area contributed by atoms with Crippen LogP contribution in [0.15, 0.2) is 27.4 Å². The Labute approximate surface area is 122 Å². The van der Waals surface area contributed by atoms with Gasteiger partial charge in [-0.2, -0.15) is 0 Å². The molecule has 5 nitrogen and oxygen atoms in total.